The number of thiazole rings is 1. The van der Waals surface area contributed by atoms with E-state index >= 15 is 0 Å². The van der Waals surface area contributed by atoms with E-state index in [1.54, 1.807) is 18.7 Å². The fraction of sp³-hybridized carbons (Fsp3) is 0.235. The zero-order valence-electron chi connectivity index (χ0n) is 13.5. The van der Waals surface area contributed by atoms with Gasteiger partial charge in [-0.05, 0) is 30.7 Å². The van der Waals surface area contributed by atoms with Crippen LogP contribution < -0.4 is 10.6 Å². The number of anilines is 1. The highest BCUT2D eigenvalue weighted by Gasteiger charge is 2.07. The van der Waals surface area contributed by atoms with Gasteiger partial charge >= 0.3 is 6.03 Å². The second-order valence-electron chi connectivity index (χ2n) is 5.15. The second kappa shape index (κ2) is 8.95. The molecule has 0 fully saturated rings. The Labute approximate surface area is 149 Å². The number of hydrogen-bond acceptors (Lipinski definition) is 6. The molecule has 3 aromatic heterocycles. The fourth-order valence-electron chi connectivity index (χ4n) is 2.06. The zero-order valence-corrected chi connectivity index (χ0v) is 14.3. The van der Waals surface area contributed by atoms with Crippen LogP contribution >= 0.6 is 11.3 Å². The lowest BCUT2D eigenvalue weighted by Crippen LogP contribution is -2.30. The number of urea groups is 1. The van der Waals surface area contributed by atoms with Crippen LogP contribution in [0.2, 0.25) is 0 Å². The van der Waals surface area contributed by atoms with Crippen LogP contribution in [0.4, 0.5) is 9.93 Å². The van der Waals surface area contributed by atoms with Crippen molar-refractivity contribution in [1.82, 2.24) is 15.3 Å². The topological polar surface area (TPSA) is 89.3 Å². The fourth-order valence-corrected chi connectivity index (χ4v) is 2.78. The SMILES string of the molecule is O=C(NCCCOCc1ccco1)Nc1nc(-c2cccnc2)cs1. The van der Waals surface area contributed by atoms with Crippen molar-refractivity contribution in [2.45, 2.75) is 13.0 Å². The van der Waals surface area contributed by atoms with Gasteiger partial charge in [-0.15, -0.1) is 11.3 Å². The van der Waals surface area contributed by atoms with Gasteiger partial charge in [-0.1, -0.05) is 0 Å². The summed E-state index contributed by atoms with van der Waals surface area (Å²) in [6.07, 6.45) is 5.78. The van der Waals surface area contributed by atoms with Crippen molar-refractivity contribution in [2.75, 3.05) is 18.5 Å². The summed E-state index contributed by atoms with van der Waals surface area (Å²) in [6.45, 7) is 1.50. The molecule has 25 heavy (non-hydrogen) atoms. The molecule has 0 aliphatic rings. The molecule has 2 amide bonds. The highest BCUT2D eigenvalue weighted by atomic mass is 32.1. The maximum absolute atomic E-state index is 11.9. The van der Waals surface area contributed by atoms with E-state index in [1.807, 2.05) is 29.6 Å². The molecule has 8 heteroatoms. The number of rotatable bonds is 8. The maximum Gasteiger partial charge on any atom is 0.321 e. The van der Waals surface area contributed by atoms with Gasteiger partial charge in [-0.3, -0.25) is 10.3 Å². The lowest BCUT2D eigenvalue weighted by Gasteiger charge is -2.05. The van der Waals surface area contributed by atoms with E-state index in [9.17, 15) is 4.79 Å². The molecule has 2 N–H and O–H groups in total. The summed E-state index contributed by atoms with van der Waals surface area (Å²) in [5, 5.41) is 7.93. The summed E-state index contributed by atoms with van der Waals surface area (Å²) in [4.78, 5) is 20.3. The van der Waals surface area contributed by atoms with E-state index in [2.05, 4.69) is 20.6 Å². The molecule has 0 saturated heterocycles. The van der Waals surface area contributed by atoms with Gasteiger partial charge in [0.25, 0.3) is 0 Å². The molecule has 0 radical (unpaired) electrons. The number of hydrogen-bond donors (Lipinski definition) is 2. The quantitative estimate of drug-likeness (QED) is 0.601. The molecule has 0 atom stereocenters. The van der Waals surface area contributed by atoms with Crippen molar-refractivity contribution >= 4 is 22.5 Å². The van der Waals surface area contributed by atoms with Gasteiger partial charge < -0.3 is 14.5 Å². The Morgan fingerprint density at radius 1 is 1.32 bits per heavy atom. The number of amides is 2. The minimum atomic E-state index is -0.280. The van der Waals surface area contributed by atoms with Gasteiger partial charge in [0, 0.05) is 36.5 Å². The lowest BCUT2D eigenvalue weighted by atomic mass is 10.2. The molecule has 0 spiro atoms. The van der Waals surface area contributed by atoms with E-state index in [4.69, 9.17) is 9.15 Å². The summed E-state index contributed by atoms with van der Waals surface area (Å²) < 4.78 is 10.6. The molecular weight excluding hydrogens is 340 g/mol. The third-order valence-corrected chi connectivity index (χ3v) is 4.02. The lowest BCUT2D eigenvalue weighted by molar-refractivity contribution is 0.104. The van der Waals surface area contributed by atoms with Crippen LogP contribution in [-0.4, -0.2) is 29.2 Å². The van der Waals surface area contributed by atoms with Crippen LogP contribution in [0.5, 0.6) is 0 Å². The smallest absolute Gasteiger partial charge is 0.321 e. The third kappa shape index (κ3) is 5.40. The van der Waals surface area contributed by atoms with E-state index in [1.165, 1.54) is 11.3 Å². The van der Waals surface area contributed by atoms with Gasteiger partial charge in [0.15, 0.2) is 5.13 Å². The molecule has 3 rings (SSSR count). The molecule has 0 aliphatic carbocycles. The van der Waals surface area contributed by atoms with Crippen molar-refractivity contribution < 1.29 is 13.9 Å². The first kappa shape index (κ1) is 17.1. The van der Waals surface area contributed by atoms with E-state index in [-0.39, 0.29) is 6.03 Å². The highest BCUT2D eigenvalue weighted by Crippen LogP contribution is 2.23. The predicted octanol–water partition coefficient (Wildman–Crippen LogP) is 3.53. The normalized spacial score (nSPS) is 10.6. The van der Waals surface area contributed by atoms with E-state index < -0.39 is 0 Å². The Bertz CT molecular complexity index is 774. The molecule has 0 aliphatic heterocycles. The first-order chi connectivity index (χ1) is 12.3. The number of furan rings is 1. The number of carbonyl (C=O) groups excluding carboxylic acids is 1. The minimum absolute atomic E-state index is 0.280. The highest BCUT2D eigenvalue weighted by molar-refractivity contribution is 7.14. The Morgan fingerprint density at radius 3 is 3.08 bits per heavy atom. The number of aromatic nitrogens is 2. The number of nitrogens with zero attached hydrogens (tertiary/aromatic N) is 2. The van der Waals surface area contributed by atoms with E-state index in [0.717, 1.165) is 17.0 Å². The first-order valence-electron chi connectivity index (χ1n) is 7.82. The summed E-state index contributed by atoms with van der Waals surface area (Å²) in [5.74, 6) is 0.791. The number of carbonyl (C=O) groups is 1. The molecular formula is C17H18N4O3S. The van der Waals surface area contributed by atoms with Crippen LogP contribution in [0.25, 0.3) is 11.3 Å². The standard InChI is InChI=1S/C17H18N4O3S/c22-16(19-7-3-8-23-11-14-5-2-9-24-14)21-17-20-15(12-25-17)13-4-1-6-18-10-13/h1-2,4-6,9-10,12H,3,7-8,11H2,(H2,19,20,21,22). The number of ether oxygens (including phenoxy) is 1. The van der Waals surface area contributed by atoms with Gasteiger partial charge in [-0.25, -0.2) is 9.78 Å². The zero-order chi connectivity index (χ0) is 17.3. The minimum Gasteiger partial charge on any atom is -0.467 e. The van der Waals surface area contributed by atoms with Crippen molar-refractivity contribution in [1.29, 1.82) is 0 Å². The van der Waals surface area contributed by atoms with Crippen molar-refractivity contribution in [2.24, 2.45) is 0 Å². The summed E-state index contributed by atoms with van der Waals surface area (Å²) in [5.41, 5.74) is 1.71. The van der Waals surface area contributed by atoms with Crippen LogP contribution in [0.15, 0.2) is 52.7 Å². The molecule has 0 saturated carbocycles. The molecule has 3 heterocycles. The Hall–Kier alpha value is -2.71. The van der Waals surface area contributed by atoms with Crippen LogP contribution in [0, 0.1) is 0 Å². The van der Waals surface area contributed by atoms with Crippen molar-refractivity contribution in [3.05, 3.63) is 54.1 Å². The molecule has 0 unspecified atom stereocenters. The average molecular weight is 358 g/mol. The number of pyridine rings is 1. The Morgan fingerprint density at radius 2 is 2.28 bits per heavy atom. The van der Waals surface area contributed by atoms with Crippen molar-refractivity contribution in [3.63, 3.8) is 0 Å². The Balaban J connectivity index is 1.33. The van der Waals surface area contributed by atoms with E-state index in [0.29, 0.717) is 31.3 Å². The molecule has 3 aromatic rings. The number of nitrogens with one attached hydrogen (secondary N) is 2. The predicted molar refractivity (Wildman–Crippen MR) is 95.3 cm³/mol. The molecule has 0 aromatic carbocycles. The average Bonchev–Trinajstić information content (AvgIpc) is 3.31. The van der Waals surface area contributed by atoms with Crippen LogP contribution in [0.3, 0.4) is 0 Å². The largest absolute Gasteiger partial charge is 0.467 e. The summed E-state index contributed by atoms with van der Waals surface area (Å²) in [7, 11) is 0. The van der Waals surface area contributed by atoms with Gasteiger partial charge in [0.1, 0.15) is 12.4 Å². The van der Waals surface area contributed by atoms with Gasteiger partial charge in [0.2, 0.25) is 0 Å². The second-order valence-corrected chi connectivity index (χ2v) is 6.00. The van der Waals surface area contributed by atoms with Gasteiger partial charge in [0.05, 0.1) is 12.0 Å². The summed E-state index contributed by atoms with van der Waals surface area (Å²) in [6, 6.07) is 7.18. The summed E-state index contributed by atoms with van der Waals surface area (Å²) >= 11 is 1.37. The van der Waals surface area contributed by atoms with Crippen LogP contribution in [0.1, 0.15) is 12.2 Å². The Kier molecular flexibility index (Phi) is 6.13. The first-order valence-corrected chi connectivity index (χ1v) is 8.70. The monoisotopic (exact) mass is 358 g/mol. The molecule has 130 valence electrons. The van der Waals surface area contributed by atoms with Crippen molar-refractivity contribution in [3.8, 4) is 11.3 Å². The van der Waals surface area contributed by atoms with Crippen LogP contribution in [-0.2, 0) is 11.3 Å². The third-order valence-electron chi connectivity index (χ3n) is 3.26. The molecule has 7 nitrogen and oxygen atoms in total. The van der Waals surface area contributed by atoms with Gasteiger partial charge in [-0.2, -0.15) is 0 Å². The maximum atomic E-state index is 11.9. The molecule has 0 bridgehead atoms.